The Hall–Kier alpha value is -18.4. The molecule has 3 aliphatic heterocycles. The summed E-state index contributed by atoms with van der Waals surface area (Å²) >= 11 is 0. The van der Waals surface area contributed by atoms with Crippen molar-refractivity contribution < 1.29 is 4.42 Å². The molecule has 5 aromatic heterocycles. The molecular formula is C132H83N5O. The lowest BCUT2D eigenvalue weighted by atomic mass is 9.91. The lowest BCUT2D eigenvalue weighted by Gasteiger charge is -2.26. The number of para-hydroxylation sites is 9. The molecule has 6 nitrogen and oxygen atoms in total. The third kappa shape index (κ3) is 12.4. The third-order valence-corrected chi connectivity index (χ3v) is 29.0. The maximum Gasteiger partial charge on any atom is 0.135 e. The smallest absolute Gasteiger partial charge is 0.135 e. The van der Waals surface area contributed by atoms with Crippen LogP contribution in [0.4, 0.5) is 17.1 Å². The largest absolute Gasteiger partial charge is 0.456 e. The first-order valence-corrected chi connectivity index (χ1v) is 47.5. The molecule has 0 spiro atoms. The van der Waals surface area contributed by atoms with Crippen molar-refractivity contribution in [3.8, 4) is 145 Å². The van der Waals surface area contributed by atoms with Crippen molar-refractivity contribution in [3.05, 3.63) is 504 Å². The first kappa shape index (κ1) is 78.3. The minimum absolute atomic E-state index is 0.923. The summed E-state index contributed by atoms with van der Waals surface area (Å²) in [7, 11) is 0. The Labute approximate surface area is 796 Å². The van der Waals surface area contributed by atoms with Crippen LogP contribution in [0.3, 0.4) is 0 Å². The van der Waals surface area contributed by atoms with Crippen LogP contribution in [0.1, 0.15) is 0 Å². The van der Waals surface area contributed by atoms with Crippen molar-refractivity contribution in [3.63, 3.8) is 0 Å². The minimum atomic E-state index is 0.923. The number of benzene rings is 22. The maximum absolute atomic E-state index is 6.09. The van der Waals surface area contributed by atoms with E-state index in [1.807, 2.05) is 12.1 Å². The Kier molecular flexibility index (Phi) is 18.0. The summed E-state index contributed by atoms with van der Waals surface area (Å²) in [5.74, 6) is 0. The summed E-state index contributed by atoms with van der Waals surface area (Å²) < 4.78 is 15.9. The molecule has 0 N–H and O–H groups in total. The first-order valence-electron chi connectivity index (χ1n) is 47.5. The molecule has 22 aromatic carbocycles. The fraction of sp³-hybridized carbons (Fsp3) is 0. The maximum atomic E-state index is 6.09. The van der Waals surface area contributed by atoms with E-state index in [1.165, 1.54) is 232 Å². The van der Waals surface area contributed by atoms with E-state index in [0.29, 0.717) is 0 Å². The molecule has 27 aromatic rings. The Morgan fingerprint density at radius 3 is 0.899 bits per heavy atom. The molecule has 0 amide bonds. The molecule has 30 rings (SSSR count). The van der Waals surface area contributed by atoms with E-state index in [2.05, 4.69) is 515 Å². The average Bonchev–Trinajstić information content (AvgIpc) is 1.56. The molecule has 0 fully saturated rings. The topological polar surface area (TPSA) is 36.1 Å². The van der Waals surface area contributed by atoms with Gasteiger partial charge < -0.3 is 27.6 Å². The number of furan rings is 1. The van der Waals surface area contributed by atoms with Crippen LogP contribution in [0.5, 0.6) is 0 Å². The zero-order valence-corrected chi connectivity index (χ0v) is 75.1. The van der Waals surface area contributed by atoms with Crippen LogP contribution >= 0.6 is 0 Å². The van der Waals surface area contributed by atoms with Gasteiger partial charge in [-0.2, -0.15) is 0 Å². The van der Waals surface area contributed by atoms with Gasteiger partial charge in [0.15, 0.2) is 0 Å². The molecule has 0 saturated heterocycles. The lowest BCUT2D eigenvalue weighted by Crippen LogP contribution is -2.09. The van der Waals surface area contributed by atoms with E-state index < -0.39 is 0 Å². The summed E-state index contributed by atoms with van der Waals surface area (Å²) in [6.45, 7) is 0. The van der Waals surface area contributed by atoms with Gasteiger partial charge in [-0.1, -0.05) is 364 Å². The molecule has 0 radical (unpaired) electrons. The van der Waals surface area contributed by atoms with Gasteiger partial charge in [0.25, 0.3) is 0 Å². The highest BCUT2D eigenvalue weighted by Crippen LogP contribution is 2.53. The number of hydrogen-bond acceptors (Lipinski definition) is 2. The molecule has 6 heteroatoms. The van der Waals surface area contributed by atoms with E-state index in [0.717, 1.165) is 39.0 Å². The summed E-state index contributed by atoms with van der Waals surface area (Å²) in [6, 6.07) is 183. The second-order valence-electron chi connectivity index (χ2n) is 36.4. The summed E-state index contributed by atoms with van der Waals surface area (Å²) in [5.41, 5.74) is 47.3. The lowest BCUT2D eigenvalue weighted by molar-refractivity contribution is 0.669. The van der Waals surface area contributed by atoms with Gasteiger partial charge in [0.05, 0.1) is 61.2 Å². The fourth-order valence-corrected chi connectivity index (χ4v) is 22.7. The molecular weight excluding hydrogens is 1670 g/mol. The first-order chi connectivity index (χ1) is 68.5. The van der Waals surface area contributed by atoms with Crippen LogP contribution in [0.2, 0.25) is 0 Å². The highest BCUT2D eigenvalue weighted by Gasteiger charge is 2.30. The Morgan fingerprint density at radius 2 is 0.420 bits per heavy atom. The molecule has 3 aliphatic rings. The summed E-state index contributed by atoms with van der Waals surface area (Å²) in [4.78, 5) is 2.35. The molecule has 642 valence electrons. The zero-order chi connectivity index (χ0) is 90.6. The minimum Gasteiger partial charge on any atom is -0.456 e. The number of fused-ring (bicyclic) bond motifs is 30. The Bertz CT molecular complexity index is 9540. The van der Waals surface area contributed by atoms with Crippen molar-refractivity contribution in [2.75, 3.05) is 4.90 Å². The van der Waals surface area contributed by atoms with E-state index in [1.54, 1.807) is 0 Å². The number of aromatic nitrogens is 4. The second-order valence-corrected chi connectivity index (χ2v) is 36.4. The van der Waals surface area contributed by atoms with E-state index in [-0.39, 0.29) is 0 Å². The fourth-order valence-electron chi connectivity index (χ4n) is 22.7. The van der Waals surface area contributed by atoms with Gasteiger partial charge in [-0.25, -0.2) is 0 Å². The van der Waals surface area contributed by atoms with Gasteiger partial charge in [0, 0.05) is 110 Å². The summed E-state index contributed by atoms with van der Waals surface area (Å²) in [6.07, 6.45) is 0. The number of nitrogens with zero attached hydrogens (tertiary/aromatic N) is 5. The van der Waals surface area contributed by atoms with Crippen LogP contribution in [0, 0.1) is 0 Å². The van der Waals surface area contributed by atoms with Crippen LogP contribution < -0.4 is 4.90 Å². The van der Waals surface area contributed by atoms with Gasteiger partial charge in [-0.3, -0.25) is 0 Å². The van der Waals surface area contributed by atoms with Crippen molar-refractivity contribution in [2.45, 2.75) is 0 Å². The molecule has 8 heterocycles. The van der Waals surface area contributed by atoms with Gasteiger partial charge in [0.2, 0.25) is 0 Å². The SMILES string of the molecule is c1ccc(-c2ccc(N(c3ccc(-c4ccccc4)cc3)c3ccc(-c4ccc5c(c4)c4cccc6c4n5-c4ccccc4-c4ccccc4-6)cc3)cc2)cc1.c1ccc(-n2c3ccccc3c3cc(-c4ccc5c(c4)c4cccc6c4n5-c4ccccc4-c4ccccc4-6)ccc32)cc1.c1ccc2c(c1)-c1cc(-c3ccc4oc5ccccc5c4c3)ccc1-n1c3ccccc3c3cccc-2c31. The normalized spacial score (nSPS) is 11.9. The van der Waals surface area contributed by atoms with Gasteiger partial charge in [-0.15, -0.1) is 0 Å². The molecule has 0 atom stereocenters. The van der Waals surface area contributed by atoms with Gasteiger partial charge in [-0.05, 0) is 229 Å². The van der Waals surface area contributed by atoms with E-state index >= 15 is 0 Å². The average molecular weight is 1760 g/mol. The zero-order valence-electron chi connectivity index (χ0n) is 75.1. The predicted octanol–water partition coefficient (Wildman–Crippen LogP) is 36.1. The number of rotatable bonds is 9. The molecule has 138 heavy (non-hydrogen) atoms. The van der Waals surface area contributed by atoms with Crippen molar-refractivity contribution in [1.29, 1.82) is 0 Å². The van der Waals surface area contributed by atoms with Crippen LogP contribution in [-0.4, -0.2) is 18.3 Å². The molecule has 0 unspecified atom stereocenters. The standard InChI is InChI=1S/C54H36N2.C42H26N2.C36H21NO/c1-3-12-37(13-4-1)39-22-29-43(30-23-39)55(44-31-24-40(25-32-44)38-14-5-2-6-15-38)45-33-26-41(27-34-45)42-28-35-53-51(36-42)50-20-11-19-49-47-17-8-7-16-46(47)48-18-9-10-21-52(48)56(53)54(49)50;1-2-11-29(12-3-1)43-38-19-8-7-16-33(38)36-25-27(21-23-40(36)43)28-22-24-41-37(26-28)35-18-10-17-34-31-14-5-4-13-30(31)32-15-6-9-20-39(32)44(41)42(34)35;1-2-9-25-24(8-1)28-12-7-13-29-26-10-3-5-14-32(26)37(36(28)29)33-18-16-22(20-30(25)33)23-17-19-35-31(21-23)27-11-4-6-15-34(27)38-35/h1-36H;1-26H;1-21H. The van der Waals surface area contributed by atoms with E-state index in [4.69, 9.17) is 4.42 Å². The summed E-state index contributed by atoms with van der Waals surface area (Å²) in [5, 5.41) is 12.5. The second kappa shape index (κ2) is 31.7. The molecule has 0 aliphatic carbocycles. The number of anilines is 3. The van der Waals surface area contributed by atoms with Gasteiger partial charge in [0.1, 0.15) is 11.2 Å². The van der Waals surface area contributed by atoms with Crippen molar-refractivity contribution in [1.82, 2.24) is 18.3 Å². The Morgan fingerprint density at radius 1 is 0.145 bits per heavy atom. The van der Waals surface area contributed by atoms with Crippen LogP contribution in [0.15, 0.2) is 508 Å². The highest BCUT2D eigenvalue weighted by atomic mass is 16.3. The van der Waals surface area contributed by atoms with Crippen molar-refractivity contribution in [2.24, 2.45) is 0 Å². The quantitative estimate of drug-likeness (QED) is 0.144. The Balaban J connectivity index is 0.000000104. The van der Waals surface area contributed by atoms with Gasteiger partial charge >= 0.3 is 0 Å². The van der Waals surface area contributed by atoms with E-state index in [9.17, 15) is 0 Å². The van der Waals surface area contributed by atoms with Crippen LogP contribution in [0.25, 0.3) is 254 Å². The highest BCUT2D eigenvalue weighted by molar-refractivity contribution is 6.21. The van der Waals surface area contributed by atoms with Crippen molar-refractivity contribution >= 4 is 126 Å². The van der Waals surface area contributed by atoms with Crippen LogP contribution in [-0.2, 0) is 0 Å². The number of hydrogen-bond donors (Lipinski definition) is 0. The monoisotopic (exact) mass is 1750 g/mol. The molecule has 0 bridgehead atoms. The third-order valence-electron chi connectivity index (χ3n) is 29.0. The molecule has 0 saturated carbocycles. The predicted molar refractivity (Wildman–Crippen MR) is 579 cm³/mol.